The number of primary sulfonamides is 1. The molecule has 1 amide bonds. The standard InChI is InChI=1S/C18H15Cl2FN4O3S/c1-10-6-17(24-25(10)9-11-2-4-12(21)5-3-11)23-18(26)13-7-16(29(22,27)28)15(20)8-14(13)19/h2-8H,9H2,1H3,(H2,22,27,28)(H,23,24,26). The van der Waals surface area contributed by atoms with Crippen molar-refractivity contribution in [2.24, 2.45) is 5.14 Å². The third-order valence-electron chi connectivity index (χ3n) is 4.04. The molecule has 0 aliphatic heterocycles. The highest BCUT2D eigenvalue weighted by atomic mass is 35.5. The summed E-state index contributed by atoms with van der Waals surface area (Å²) in [4.78, 5) is 12.2. The molecule has 0 saturated carbocycles. The Morgan fingerprint density at radius 3 is 2.45 bits per heavy atom. The predicted molar refractivity (Wildman–Crippen MR) is 108 cm³/mol. The highest BCUT2D eigenvalue weighted by molar-refractivity contribution is 7.89. The number of aromatic nitrogens is 2. The molecule has 0 bridgehead atoms. The van der Waals surface area contributed by atoms with Crippen molar-refractivity contribution in [2.75, 3.05) is 5.32 Å². The Morgan fingerprint density at radius 1 is 1.17 bits per heavy atom. The molecule has 1 heterocycles. The van der Waals surface area contributed by atoms with Crippen molar-refractivity contribution in [1.29, 1.82) is 0 Å². The summed E-state index contributed by atoms with van der Waals surface area (Å²) in [7, 11) is -4.14. The number of nitrogens with two attached hydrogens (primary N) is 1. The van der Waals surface area contributed by atoms with Crippen LogP contribution in [0.25, 0.3) is 0 Å². The van der Waals surface area contributed by atoms with Crippen molar-refractivity contribution in [3.63, 3.8) is 0 Å². The largest absolute Gasteiger partial charge is 0.305 e. The number of nitrogens with one attached hydrogen (secondary N) is 1. The second-order valence-electron chi connectivity index (χ2n) is 6.22. The molecule has 2 aromatic carbocycles. The molecule has 0 spiro atoms. The fraction of sp³-hybridized carbons (Fsp3) is 0.111. The summed E-state index contributed by atoms with van der Waals surface area (Å²) in [6, 6.07) is 9.75. The van der Waals surface area contributed by atoms with Crippen LogP contribution in [-0.2, 0) is 16.6 Å². The molecule has 7 nitrogen and oxygen atoms in total. The molecule has 29 heavy (non-hydrogen) atoms. The van der Waals surface area contributed by atoms with Crippen LogP contribution in [0, 0.1) is 12.7 Å². The maximum atomic E-state index is 13.0. The number of hydrogen-bond acceptors (Lipinski definition) is 4. The van der Waals surface area contributed by atoms with Crippen molar-refractivity contribution in [3.05, 3.63) is 75.1 Å². The topological polar surface area (TPSA) is 107 Å². The fourth-order valence-corrected chi connectivity index (χ4v) is 4.00. The minimum Gasteiger partial charge on any atom is -0.305 e. The Morgan fingerprint density at radius 2 is 1.83 bits per heavy atom. The first-order valence-electron chi connectivity index (χ1n) is 8.16. The van der Waals surface area contributed by atoms with E-state index < -0.39 is 20.8 Å². The molecule has 3 N–H and O–H groups in total. The highest BCUT2D eigenvalue weighted by Gasteiger charge is 2.20. The molecular weight excluding hydrogens is 442 g/mol. The molecule has 0 atom stereocenters. The first-order valence-corrected chi connectivity index (χ1v) is 10.5. The van der Waals surface area contributed by atoms with Crippen molar-refractivity contribution < 1.29 is 17.6 Å². The molecule has 0 radical (unpaired) electrons. The zero-order chi connectivity index (χ0) is 21.3. The van der Waals surface area contributed by atoms with Crippen molar-refractivity contribution in [1.82, 2.24) is 9.78 Å². The summed E-state index contributed by atoms with van der Waals surface area (Å²) in [5.74, 6) is -0.779. The van der Waals surface area contributed by atoms with Crippen LogP contribution in [0.3, 0.4) is 0 Å². The maximum Gasteiger partial charge on any atom is 0.258 e. The van der Waals surface area contributed by atoms with Gasteiger partial charge in [-0.1, -0.05) is 35.3 Å². The zero-order valence-corrected chi connectivity index (χ0v) is 17.3. The van der Waals surface area contributed by atoms with E-state index in [4.69, 9.17) is 28.3 Å². The summed E-state index contributed by atoms with van der Waals surface area (Å²) in [5, 5.41) is 11.7. The Bertz CT molecular complexity index is 1190. The van der Waals surface area contributed by atoms with Gasteiger partial charge in [-0.3, -0.25) is 9.48 Å². The number of hydrogen-bond donors (Lipinski definition) is 2. The number of halogens is 3. The van der Waals surface area contributed by atoms with Gasteiger partial charge in [0.2, 0.25) is 10.0 Å². The first-order chi connectivity index (χ1) is 13.5. The monoisotopic (exact) mass is 456 g/mol. The van der Waals surface area contributed by atoms with E-state index in [1.54, 1.807) is 29.8 Å². The predicted octanol–water partition coefficient (Wildman–Crippen LogP) is 3.59. The SMILES string of the molecule is Cc1cc(NC(=O)c2cc(S(N)(=O)=O)c(Cl)cc2Cl)nn1Cc1ccc(F)cc1. The van der Waals surface area contributed by atoms with Crippen LogP contribution >= 0.6 is 23.2 Å². The molecular formula is C18H15Cl2FN4O3S. The maximum absolute atomic E-state index is 13.0. The van der Waals surface area contributed by atoms with Gasteiger partial charge in [-0.2, -0.15) is 5.10 Å². The van der Waals surface area contributed by atoms with Crippen LogP contribution in [0.2, 0.25) is 10.0 Å². The van der Waals surface area contributed by atoms with Crippen molar-refractivity contribution in [3.8, 4) is 0 Å². The molecule has 0 aliphatic rings. The lowest BCUT2D eigenvalue weighted by atomic mass is 10.2. The Balaban J connectivity index is 1.84. The zero-order valence-electron chi connectivity index (χ0n) is 15.0. The molecule has 152 valence electrons. The van der Waals surface area contributed by atoms with Gasteiger partial charge in [0.05, 0.1) is 22.2 Å². The van der Waals surface area contributed by atoms with Crippen LogP contribution in [0.4, 0.5) is 10.2 Å². The Labute approximate surface area is 176 Å². The normalized spacial score (nSPS) is 11.5. The second kappa shape index (κ2) is 8.11. The van der Waals surface area contributed by atoms with Crippen LogP contribution in [-0.4, -0.2) is 24.1 Å². The molecule has 0 unspecified atom stereocenters. The molecule has 0 aliphatic carbocycles. The van der Waals surface area contributed by atoms with Crippen LogP contribution < -0.4 is 10.5 Å². The third-order valence-corrected chi connectivity index (χ3v) is 5.73. The number of sulfonamides is 1. The van der Waals surface area contributed by atoms with E-state index in [1.165, 1.54) is 12.1 Å². The van der Waals surface area contributed by atoms with Crippen LogP contribution in [0.15, 0.2) is 47.4 Å². The summed E-state index contributed by atoms with van der Waals surface area (Å²) in [6.07, 6.45) is 0. The lowest BCUT2D eigenvalue weighted by Gasteiger charge is -2.08. The van der Waals surface area contributed by atoms with E-state index in [0.29, 0.717) is 6.54 Å². The van der Waals surface area contributed by atoms with E-state index in [-0.39, 0.29) is 27.2 Å². The number of benzene rings is 2. The van der Waals surface area contributed by atoms with Gasteiger partial charge in [0, 0.05) is 11.8 Å². The molecule has 11 heteroatoms. The number of rotatable bonds is 5. The quantitative estimate of drug-likeness (QED) is 0.611. The summed E-state index contributed by atoms with van der Waals surface area (Å²) in [6.45, 7) is 2.17. The number of carbonyl (C=O) groups is 1. The van der Waals surface area contributed by atoms with E-state index in [9.17, 15) is 17.6 Å². The lowest BCUT2D eigenvalue weighted by molar-refractivity contribution is 0.102. The van der Waals surface area contributed by atoms with Gasteiger partial charge in [-0.15, -0.1) is 0 Å². The summed E-state index contributed by atoms with van der Waals surface area (Å²) in [5.41, 5.74) is 1.46. The minimum atomic E-state index is -4.14. The van der Waals surface area contributed by atoms with Gasteiger partial charge in [-0.05, 0) is 36.8 Å². The van der Waals surface area contributed by atoms with Gasteiger partial charge in [-0.25, -0.2) is 17.9 Å². The number of aryl methyl sites for hydroxylation is 1. The van der Waals surface area contributed by atoms with Crippen LogP contribution in [0.1, 0.15) is 21.6 Å². The van der Waals surface area contributed by atoms with Gasteiger partial charge in [0.25, 0.3) is 5.91 Å². The number of anilines is 1. The average Bonchev–Trinajstić information content (AvgIpc) is 2.94. The second-order valence-corrected chi connectivity index (χ2v) is 8.56. The smallest absolute Gasteiger partial charge is 0.258 e. The van der Waals surface area contributed by atoms with Crippen LogP contribution in [0.5, 0.6) is 0 Å². The first kappa shape index (κ1) is 21.3. The molecule has 1 aromatic heterocycles. The molecule has 3 rings (SSSR count). The van der Waals surface area contributed by atoms with Gasteiger partial charge < -0.3 is 5.32 Å². The van der Waals surface area contributed by atoms with E-state index in [1.807, 2.05) is 0 Å². The fourth-order valence-electron chi connectivity index (χ4n) is 2.60. The van der Waals surface area contributed by atoms with Crippen molar-refractivity contribution in [2.45, 2.75) is 18.4 Å². The third kappa shape index (κ3) is 4.94. The Kier molecular flexibility index (Phi) is 5.95. The Hall–Kier alpha value is -2.46. The minimum absolute atomic E-state index is 0.0395. The van der Waals surface area contributed by atoms with Gasteiger partial charge >= 0.3 is 0 Å². The number of nitrogens with zero attached hydrogens (tertiary/aromatic N) is 2. The summed E-state index contributed by atoms with van der Waals surface area (Å²) < 4.78 is 37.9. The molecule has 0 saturated heterocycles. The van der Waals surface area contributed by atoms with E-state index in [2.05, 4.69) is 10.4 Å². The molecule has 0 fully saturated rings. The average molecular weight is 457 g/mol. The number of amides is 1. The van der Waals surface area contributed by atoms with Gasteiger partial charge in [0.1, 0.15) is 10.7 Å². The molecule has 3 aromatic rings. The summed E-state index contributed by atoms with van der Waals surface area (Å²) >= 11 is 11.9. The number of carbonyl (C=O) groups excluding carboxylic acids is 1. The van der Waals surface area contributed by atoms with E-state index >= 15 is 0 Å². The lowest BCUT2D eigenvalue weighted by Crippen LogP contribution is -2.17. The highest BCUT2D eigenvalue weighted by Crippen LogP contribution is 2.28. The van der Waals surface area contributed by atoms with Crippen molar-refractivity contribution >= 4 is 45.0 Å². The van der Waals surface area contributed by atoms with Gasteiger partial charge in [0.15, 0.2) is 5.82 Å². The van der Waals surface area contributed by atoms with E-state index in [0.717, 1.165) is 23.4 Å².